The summed E-state index contributed by atoms with van der Waals surface area (Å²) in [6, 6.07) is 22.3. The van der Waals surface area contributed by atoms with Gasteiger partial charge in [0.2, 0.25) is 5.91 Å². The second-order valence-corrected chi connectivity index (χ2v) is 8.04. The molecule has 0 spiro atoms. The molecule has 1 saturated heterocycles. The third-order valence-electron chi connectivity index (χ3n) is 6.04. The highest BCUT2D eigenvalue weighted by Gasteiger charge is 2.27. The predicted octanol–water partition coefficient (Wildman–Crippen LogP) is 3.90. The molecule has 2 aromatic carbocycles. The van der Waals surface area contributed by atoms with Gasteiger partial charge in [-0.2, -0.15) is 0 Å². The Morgan fingerprint density at radius 3 is 2.41 bits per heavy atom. The third kappa shape index (κ3) is 5.71. The second kappa shape index (κ2) is 10.9. The van der Waals surface area contributed by atoms with Crippen molar-refractivity contribution < 1.29 is 13.9 Å². The van der Waals surface area contributed by atoms with E-state index in [9.17, 15) is 4.79 Å². The van der Waals surface area contributed by atoms with Crippen LogP contribution < -0.4 is 15.0 Å². The van der Waals surface area contributed by atoms with E-state index in [2.05, 4.69) is 39.4 Å². The first kappa shape index (κ1) is 22.0. The number of hydrogen-bond donors (Lipinski definition) is 1. The van der Waals surface area contributed by atoms with Crippen LogP contribution in [0.3, 0.4) is 0 Å². The first-order valence-corrected chi connectivity index (χ1v) is 11.2. The molecule has 32 heavy (non-hydrogen) atoms. The van der Waals surface area contributed by atoms with Gasteiger partial charge in [-0.1, -0.05) is 30.3 Å². The fraction of sp³-hybridized carbons (Fsp3) is 0.346. The first-order chi connectivity index (χ1) is 15.7. The minimum absolute atomic E-state index is 0.0312. The molecule has 6 heteroatoms. The SMILES string of the molecule is COc1ccc(N2CCN(C(CNC(=O)CCc3ccccc3)c3ccco3)CC2)cc1. The van der Waals surface area contributed by atoms with Crippen LogP contribution in [-0.4, -0.2) is 50.6 Å². The number of furan rings is 1. The summed E-state index contributed by atoms with van der Waals surface area (Å²) in [5.74, 6) is 1.84. The van der Waals surface area contributed by atoms with Crippen LogP contribution in [0, 0.1) is 0 Å². The molecule has 1 aliphatic heterocycles. The van der Waals surface area contributed by atoms with Crippen molar-refractivity contribution in [2.24, 2.45) is 0 Å². The normalized spacial score (nSPS) is 15.3. The van der Waals surface area contributed by atoms with Crippen molar-refractivity contribution in [3.63, 3.8) is 0 Å². The number of amides is 1. The lowest BCUT2D eigenvalue weighted by atomic mass is 10.1. The number of carbonyl (C=O) groups excluding carboxylic acids is 1. The van der Waals surface area contributed by atoms with Gasteiger partial charge in [0.05, 0.1) is 19.4 Å². The van der Waals surface area contributed by atoms with Crippen molar-refractivity contribution in [2.75, 3.05) is 44.7 Å². The van der Waals surface area contributed by atoms with Crippen LogP contribution in [0.2, 0.25) is 0 Å². The van der Waals surface area contributed by atoms with E-state index < -0.39 is 0 Å². The Balaban J connectivity index is 1.31. The highest BCUT2D eigenvalue weighted by atomic mass is 16.5. The molecule has 1 atom stereocenters. The first-order valence-electron chi connectivity index (χ1n) is 11.2. The summed E-state index contributed by atoms with van der Waals surface area (Å²) in [6.45, 7) is 4.19. The van der Waals surface area contributed by atoms with E-state index in [0.29, 0.717) is 13.0 Å². The maximum Gasteiger partial charge on any atom is 0.220 e. The Hall–Kier alpha value is -3.25. The zero-order valence-corrected chi connectivity index (χ0v) is 18.6. The summed E-state index contributed by atoms with van der Waals surface area (Å²) < 4.78 is 11.0. The predicted molar refractivity (Wildman–Crippen MR) is 126 cm³/mol. The quantitative estimate of drug-likeness (QED) is 0.555. The Morgan fingerprint density at radius 2 is 1.75 bits per heavy atom. The maximum atomic E-state index is 12.5. The lowest BCUT2D eigenvalue weighted by molar-refractivity contribution is -0.121. The largest absolute Gasteiger partial charge is 0.497 e. The highest BCUT2D eigenvalue weighted by molar-refractivity contribution is 5.76. The molecule has 1 amide bonds. The number of anilines is 1. The molecule has 168 valence electrons. The van der Waals surface area contributed by atoms with Crippen molar-refractivity contribution in [3.8, 4) is 5.75 Å². The summed E-state index contributed by atoms with van der Waals surface area (Å²) in [5.41, 5.74) is 2.38. The molecular formula is C26H31N3O3. The number of piperazine rings is 1. The molecule has 6 nitrogen and oxygen atoms in total. The molecule has 1 aromatic heterocycles. The molecular weight excluding hydrogens is 402 g/mol. The summed E-state index contributed by atoms with van der Waals surface area (Å²) >= 11 is 0. The Kier molecular flexibility index (Phi) is 7.46. The van der Waals surface area contributed by atoms with Gasteiger partial charge in [-0.25, -0.2) is 0 Å². The zero-order valence-electron chi connectivity index (χ0n) is 18.6. The molecule has 1 fully saturated rings. The fourth-order valence-corrected chi connectivity index (χ4v) is 4.18. The standard InChI is InChI=1S/C26H31N3O3/c1-31-23-12-10-22(11-13-23)28-15-17-29(18-16-28)24(25-8-5-19-32-25)20-27-26(30)14-9-21-6-3-2-4-7-21/h2-8,10-13,19,24H,9,14-18,20H2,1H3,(H,27,30). The second-order valence-electron chi connectivity index (χ2n) is 8.04. The molecule has 0 bridgehead atoms. The van der Waals surface area contributed by atoms with Gasteiger partial charge in [0.1, 0.15) is 11.5 Å². The van der Waals surface area contributed by atoms with Gasteiger partial charge < -0.3 is 19.4 Å². The van der Waals surface area contributed by atoms with E-state index in [1.54, 1.807) is 13.4 Å². The molecule has 0 saturated carbocycles. The lowest BCUT2D eigenvalue weighted by Crippen LogP contribution is -2.49. The number of aryl methyl sites for hydroxylation is 1. The fourth-order valence-electron chi connectivity index (χ4n) is 4.18. The summed E-state index contributed by atoms with van der Waals surface area (Å²) in [6.07, 6.45) is 2.94. The van der Waals surface area contributed by atoms with Gasteiger partial charge in [0.15, 0.2) is 0 Å². The molecule has 4 rings (SSSR count). The van der Waals surface area contributed by atoms with Crippen LogP contribution in [0.1, 0.15) is 23.8 Å². The molecule has 2 heterocycles. The van der Waals surface area contributed by atoms with Gasteiger partial charge in [0.25, 0.3) is 0 Å². The van der Waals surface area contributed by atoms with Crippen LogP contribution in [0.25, 0.3) is 0 Å². The number of methoxy groups -OCH3 is 1. The van der Waals surface area contributed by atoms with Crippen LogP contribution in [0.5, 0.6) is 5.75 Å². The Labute approximate surface area is 189 Å². The number of hydrogen-bond acceptors (Lipinski definition) is 5. The van der Waals surface area contributed by atoms with Crippen molar-refractivity contribution in [2.45, 2.75) is 18.9 Å². The van der Waals surface area contributed by atoms with Crippen molar-refractivity contribution in [1.29, 1.82) is 0 Å². The summed E-state index contributed by atoms with van der Waals surface area (Å²) in [4.78, 5) is 17.3. The van der Waals surface area contributed by atoms with Crippen LogP contribution in [-0.2, 0) is 11.2 Å². The van der Waals surface area contributed by atoms with Crippen LogP contribution >= 0.6 is 0 Å². The average Bonchev–Trinajstić information content (AvgIpc) is 3.39. The topological polar surface area (TPSA) is 58.0 Å². The molecule has 0 aliphatic carbocycles. The summed E-state index contributed by atoms with van der Waals surface area (Å²) in [7, 11) is 1.68. The van der Waals surface area contributed by atoms with Crippen molar-refractivity contribution in [3.05, 3.63) is 84.3 Å². The van der Waals surface area contributed by atoms with E-state index in [1.807, 2.05) is 42.5 Å². The smallest absolute Gasteiger partial charge is 0.220 e. The molecule has 1 aliphatic rings. The maximum absolute atomic E-state index is 12.5. The van der Waals surface area contributed by atoms with Crippen LogP contribution in [0.15, 0.2) is 77.4 Å². The zero-order chi connectivity index (χ0) is 22.2. The van der Waals surface area contributed by atoms with Gasteiger partial charge in [-0.15, -0.1) is 0 Å². The summed E-state index contributed by atoms with van der Waals surface area (Å²) in [5, 5.41) is 3.13. The lowest BCUT2D eigenvalue weighted by Gasteiger charge is -2.39. The molecule has 3 aromatic rings. The van der Waals surface area contributed by atoms with Gasteiger partial charge in [-0.05, 0) is 48.4 Å². The van der Waals surface area contributed by atoms with E-state index >= 15 is 0 Å². The van der Waals surface area contributed by atoms with Gasteiger partial charge in [-0.3, -0.25) is 9.69 Å². The third-order valence-corrected chi connectivity index (χ3v) is 6.04. The van der Waals surface area contributed by atoms with Gasteiger partial charge >= 0.3 is 0 Å². The number of carbonyl (C=O) groups is 1. The van der Waals surface area contributed by atoms with Gasteiger partial charge in [0, 0.05) is 44.8 Å². The highest BCUT2D eigenvalue weighted by Crippen LogP contribution is 2.25. The Bertz CT molecular complexity index is 950. The van der Waals surface area contributed by atoms with Crippen LogP contribution in [0.4, 0.5) is 5.69 Å². The van der Waals surface area contributed by atoms with E-state index in [1.165, 1.54) is 11.3 Å². The minimum Gasteiger partial charge on any atom is -0.497 e. The van der Waals surface area contributed by atoms with Crippen molar-refractivity contribution >= 4 is 11.6 Å². The molecule has 0 radical (unpaired) electrons. The number of benzene rings is 2. The monoisotopic (exact) mass is 433 g/mol. The molecule has 1 N–H and O–H groups in total. The van der Waals surface area contributed by atoms with E-state index in [0.717, 1.165) is 44.1 Å². The number of rotatable bonds is 9. The van der Waals surface area contributed by atoms with E-state index in [-0.39, 0.29) is 11.9 Å². The number of ether oxygens (including phenoxy) is 1. The average molecular weight is 434 g/mol. The molecule has 1 unspecified atom stereocenters. The number of nitrogens with zero attached hydrogens (tertiary/aromatic N) is 2. The number of nitrogens with one attached hydrogen (secondary N) is 1. The minimum atomic E-state index is 0.0312. The Morgan fingerprint density at radius 1 is 1.00 bits per heavy atom. The van der Waals surface area contributed by atoms with Crippen molar-refractivity contribution in [1.82, 2.24) is 10.2 Å². The van der Waals surface area contributed by atoms with E-state index in [4.69, 9.17) is 9.15 Å².